The van der Waals surface area contributed by atoms with Crippen molar-refractivity contribution >= 4 is 5.84 Å². The third-order valence-corrected chi connectivity index (χ3v) is 3.84. The van der Waals surface area contributed by atoms with Crippen molar-refractivity contribution in [3.63, 3.8) is 0 Å². The number of nitrogens with two attached hydrogens (primary N) is 2. The first kappa shape index (κ1) is 15.4. The second-order valence-corrected chi connectivity index (χ2v) is 5.61. The Kier molecular flexibility index (Phi) is 4.90. The maximum Gasteiger partial charge on any atom is 0.160 e. The van der Waals surface area contributed by atoms with E-state index >= 15 is 0 Å². The number of hydrazine groups is 1. The summed E-state index contributed by atoms with van der Waals surface area (Å²) in [5.41, 5.74) is 7.84. The lowest BCUT2D eigenvalue weighted by molar-refractivity contribution is 0.0870. The van der Waals surface area contributed by atoms with Gasteiger partial charge in [-0.15, -0.1) is 0 Å². The van der Waals surface area contributed by atoms with E-state index in [1.165, 1.54) is 24.3 Å². The minimum absolute atomic E-state index is 0.0756. The van der Waals surface area contributed by atoms with Crippen LogP contribution in [0.15, 0.2) is 35.0 Å². The molecule has 0 saturated heterocycles. The smallest absolute Gasteiger partial charge is 0.160 e. The minimum Gasteiger partial charge on any atom is -0.489 e. The molecular formula is C15H25N5O. The Hall–Kier alpha value is -1.95. The molecule has 2 rings (SSSR count). The fourth-order valence-corrected chi connectivity index (χ4v) is 2.55. The van der Waals surface area contributed by atoms with Crippen LogP contribution in [0.2, 0.25) is 0 Å². The van der Waals surface area contributed by atoms with Gasteiger partial charge in [-0.25, -0.2) is 5.84 Å². The first-order valence-electron chi connectivity index (χ1n) is 7.38. The highest BCUT2D eigenvalue weighted by atomic mass is 16.5. The van der Waals surface area contributed by atoms with Crippen LogP contribution in [0.4, 0.5) is 0 Å². The van der Waals surface area contributed by atoms with Crippen LogP contribution in [0, 0.1) is 5.41 Å². The first-order chi connectivity index (χ1) is 9.99. The topological polar surface area (TPSA) is 100 Å². The molecule has 0 unspecified atom stereocenters. The molecule has 6 nitrogen and oxygen atoms in total. The molecule has 0 radical (unpaired) electrons. The van der Waals surface area contributed by atoms with Crippen LogP contribution in [-0.4, -0.2) is 24.0 Å². The Labute approximate surface area is 126 Å². The van der Waals surface area contributed by atoms with Gasteiger partial charge in [0, 0.05) is 7.05 Å². The van der Waals surface area contributed by atoms with E-state index in [0.717, 1.165) is 24.3 Å². The zero-order chi connectivity index (χ0) is 15.4. The van der Waals surface area contributed by atoms with Crippen LogP contribution < -0.4 is 16.9 Å². The molecule has 0 aromatic rings. The van der Waals surface area contributed by atoms with Crippen molar-refractivity contribution in [2.75, 3.05) is 7.05 Å². The molecule has 1 fully saturated rings. The molecule has 0 aromatic heterocycles. The standard InChI is InChI=1S/C15H25N5O/c1-10-13(21-11-6-4-3-5-7-11)9-8-12(19-10)14(16)15(17)20(2)18/h8-9,11,17,19H,3-7,16,18H2,1-2H3. The molecule has 2 aliphatic rings. The van der Waals surface area contributed by atoms with E-state index in [2.05, 4.69) is 5.32 Å². The molecule has 21 heavy (non-hydrogen) atoms. The van der Waals surface area contributed by atoms with Crippen molar-refractivity contribution in [1.82, 2.24) is 10.3 Å². The average molecular weight is 291 g/mol. The van der Waals surface area contributed by atoms with Gasteiger partial charge in [0.1, 0.15) is 5.76 Å². The van der Waals surface area contributed by atoms with Crippen molar-refractivity contribution in [3.8, 4) is 0 Å². The van der Waals surface area contributed by atoms with E-state index in [1.807, 2.05) is 19.1 Å². The quantitative estimate of drug-likeness (QED) is 0.274. The van der Waals surface area contributed by atoms with Crippen LogP contribution in [0.25, 0.3) is 0 Å². The summed E-state index contributed by atoms with van der Waals surface area (Å²) in [6.07, 6.45) is 10.1. The van der Waals surface area contributed by atoms with Gasteiger partial charge in [0.15, 0.2) is 5.84 Å². The number of allylic oxidation sites excluding steroid dienone is 3. The summed E-state index contributed by atoms with van der Waals surface area (Å²) >= 11 is 0. The van der Waals surface area contributed by atoms with Crippen LogP contribution in [0.3, 0.4) is 0 Å². The number of hydrogen-bond acceptors (Lipinski definition) is 5. The predicted molar refractivity (Wildman–Crippen MR) is 83.8 cm³/mol. The third kappa shape index (κ3) is 3.78. The Morgan fingerprint density at radius 3 is 2.57 bits per heavy atom. The molecule has 1 heterocycles. The fraction of sp³-hybridized carbons (Fsp3) is 0.533. The second-order valence-electron chi connectivity index (χ2n) is 5.61. The number of amidine groups is 1. The van der Waals surface area contributed by atoms with Gasteiger partial charge in [-0.1, -0.05) is 6.42 Å². The lowest BCUT2D eigenvalue weighted by atomic mass is 9.98. The maximum absolute atomic E-state index is 7.80. The number of hydrogen-bond donors (Lipinski definition) is 4. The first-order valence-corrected chi connectivity index (χ1v) is 7.38. The number of rotatable bonds is 3. The maximum atomic E-state index is 7.80. The molecule has 0 bridgehead atoms. The molecule has 1 aliphatic carbocycles. The van der Waals surface area contributed by atoms with Crippen LogP contribution in [-0.2, 0) is 4.74 Å². The highest BCUT2D eigenvalue weighted by Crippen LogP contribution is 2.25. The normalized spacial score (nSPS) is 21.9. The highest BCUT2D eigenvalue weighted by Gasteiger charge is 2.19. The van der Waals surface area contributed by atoms with Gasteiger partial charge in [-0.05, 0) is 44.8 Å². The van der Waals surface area contributed by atoms with Gasteiger partial charge in [-0.3, -0.25) is 10.4 Å². The van der Waals surface area contributed by atoms with Crippen LogP contribution >= 0.6 is 0 Å². The SMILES string of the molecule is CC1=C(OC2CCCCC2)C=CC(=C(N)C(=N)N(C)N)N1. The van der Waals surface area contributed by atoms with E-state index in [9.17, 15) is 0 Å². The van der Waals surface area contributed by atoms with Crippen LogP contribution in [0.5, 0.6) is 0 Å². The number of ether oxygens (including phenoxy) is 1. The molecular weight excluding hydrogens is 266 g/mol. The molecule has 6 heteroatoms. The zero-order valence-corrected chi connectivity index (χ0v) is 12.8. The Bertz CT molecular complexity index is 498. The summed E-state index contributed by atoms with van der Waals surface area (Å²) in [6.45, 7) is 1.95. The molecule has 0 amide bonds. The lowest BCUT2D eigenvalue weighted by Crippen LogP contribution is -2.38. The van der Waals surface area contributed by atoms with Gasteiger partial charge < -0.3 is 15.8 Å². The van der Waals surface area contributed by atoms with Crippen molar-refractivity contribution < 1.29 is 4.74 Å². The van der Waals surface area contributed by atoms with Crippen molar-refractivity contribution in [3.05, 3.63) is 35.0 Å². The molecule has 6 N–H and O–H groups in total. The number of nitrogens with one attached hydrogen (secondary N) is 2. The monoisotopic (exact) mass is 291 g/mol. The summed E-state index contributed by atoms with van der Waals surface area (Å²) in [4.78, 5) is 0. The van der Waals surface area contributed by atoms with E-state index in [-0.39, 0.29) is 5.84 Å². The van der Waals surface area contributed by atoms with Gasteiger partial charge >= 0.3 is 0 Å². The highest BCUT2D eigenvalue weighted by molar-refractivity contribution is 5.95. The van der Waals surface area contributed by atoms with Gasteiger partial charge in [-0.2, -0.15) is 0 Å². The Morgan fingerprint density at radius 1 is 1.33 bits per heavy atom. The fourth-order valence-electron chi connectivity index (χ4n) is 2.55. The van der Waals surface area contributed by atoms with Gasteiger partial charge in [0.05, 0.1) is 23.2 Å². The summed E-state index contributed by atoms with van der Waals surface area (Å²) in [5.74, 6) is 6.46. The lowest BCUT2D eigenvalue weighted by Gasteiger charge is -2.27. The van der Waals surface area contributed by atoms with E-state index in [4.69, 9.17) is 21.7 Å². The molecule has 1 aliphatic heterocycles. The minimum atomic E-state index is 0.0756. The van der Waals surface area contributed by atoms with Gasteiger partial charge in [0.25, 0.3) is 0 Å². The van der Waals surface area contributed by atoms with E-state index in [1.54, 1.807) is 7.05 Å². The average Bonchev–Trinajstić information content (AvgIpc) is 2.48. The van der Waals surface area contributed by atoms with E-state index in [0.29, 0.717) is 17.5 Å². The number of nitrogens with zero attached hydrogens (tertiary/aromatic N) is 1. The van der Waals surface area contributed by atoms with Gasteiger partial charge in [0.2, 0.25) is 0 Å². The summed E-state index contributed by atoms with van der Waals surface area (Å²) < 4.78 is 6.06. The van der Waals surface area contributed by atoms with Crippen molar-refractivity contribution in [2.45, 2.75) is 45.1 Å². The molecule has 1 saturated carbocycles. The summed E-state index contributed by atoms with van der Waals surface area (Å²) in [7, 11) is 1.59. The molecule has 0 atom stereocenters. The molecule has 0 spiro atoms. The predicted octanol–water partition coefficient (Wildman–Crippen LogP) is 1.68. The summed E-state index contributed by atoms with van der Waals surface area (Å²) in [5, 5.41) is 12.2. The van der Waals surface area contributed by atoms with E-state index < -0.39 is 0 Å². The largest absolute Gasteiger partial charge is 0.489 e. The third-order valence-electron chi connectivity index (χ3n) is 3.84. The second kappa shape index (κ2) is 6.67. The Balaban J connectivity index is 2.05. The van der Waals surface area contributed by atoms with Crippen LogP contribution in [0.1, 0.15) is 39.0 Å². The summed E-state index contributed by atoms with van der Waals surface area (Å²) in [6, 6.07) is 0. The zero-order valence-electron chi connectivity index (χ0n) is 12.8. The van der Waals surface area contributed by atoms with Crippen molar-refractivity contribution in [1.29, 1.82) is 5.41 Å². The number of dihydropyridines is 1. The molecule has 116 valence electrons. The number of likely N-dealkylation sites (N-methyl/N-ethyl adjacent to an activating group) is 1. The molecule has 0 aromatic carbocycles. The van der Waals surface area contributed by atoms with Crippen molar-refractivity contribution in [2.24, 2.45) is 11.6 Å². The Morgan fingerprint density at radius 2 is 2.00 bits per heavy atom.